The van der Waals surface area contributed by atoms with Gasteiger partial charge < -0.3 is 9.72 Å². The summed E-state index contributed by atoms with van der Waals surface area (Å²) < 4.78 is 5.47. The lowest BCUT2D eigenvalue weighted by Crippen LogP contribution is -1.94. The average Bonchev–Trinajstić information content (AvgIpc) is 3.19. The Hall–Kier alpha value is -3.64. The first-order valence-electron chi connectivity index (χ1n) is 8.81. The fourth-order valence-corrected chi connectivity index (χ4v) is 3.25. The molecule has 3 aromatic carbocycles. The van der Waals surface area contributed by atoms with E-state index in [0.717, 1.165) is 11.1 Å². The highest BCUT2D eigenvalue weighted by molar-refractivity contribution is 6.30. The molecule has 7 heteroatoms. The van der Waals surface area contributed by atoms with Crippen LogP contribution in [0.15, 0.2) is 72.8 Å². The molecule has 0 aliphatic heterocycles. The fourth-order valence-electron chi connectivity index (χ4n) is 3.12. The number of ether oxygens (including phenoxy) is 1. The summed E-state index contributed by atoms with van der Waals surface area (Å²) in [5.41, 5.74) is 3.58. The van der Waals surface area contributed by atoms with E-state index in [1.165, 1.54) is 19.2 Å². The number of hydrogen-bond donors (Lipinski definition) is 1. The number of imidazole rings is 1. The van der Waals surface area contributed by atoms with Crippen LogP contribution >= 0.6 is 11.6 Å². The third kappa shape index (κ3) is 3.70. The van der Waals surface area contributed by atoms with E-state index in [0.29, 0.717) is 33.5 Å². The van der Waals surface area contributed by atoms with Crippen molar-refractivity contribution in [3.8, 4) is 39.7 Å². The van der Waals surface area contributed by atoms with Crippen molar-refractivity contribution < 1.29 is 9.66 Å². The molecular formula is C22H16ClN3O3. The van der Waals surface area contributed by atoms with Crippen LogP contribution in [0.3, 0.4) is 0 Å². The topological polar surface area (TPSA) is 81.0 Å². The van der Waals surface area contributed by atoms with Crippen LogP contribution in [-0.2, 0) is 0 Å². The molecule has 4 aromatic rings. The van der Waals surface area contributed by atoms with Gasteiger partial charge in [0.2, 0.25) is 0 Å². The second kappa shape index (κ2) is 7.77. The van der Waals surface area contributed by atoms with Crippen LogP contribution in [0.5, 0.6) is 5.75 Å². The molecule has 0 aliphatic carbocycles. The highest BCUT2D eigenvalue weighted by Crippen LogP contribution is 2.39. The van der Waals surface area contributed by atoms with Crippen molar-refractivity contribution in [3.05, 3.63) is 87.9 Å². The molecule has 0 saturated heterocycles. The third-order valence-corrected chi connectivity index (χ3v) is 4.78. The Labute approximate surface area is 171 Å². The van der Waals surface area contributed by atoms with Gasteiger partial charge in [-0.2, -0.15) is 0 Å². The van der Waals surface area contributed by atoms with Gasteiger partial charge in [0, 0.05) is 33.8 Å². The molecular weight excluding hydrogens is 390 g/mol. The molecule has 0 aliphatic rings. The van der Waals surface area contributed by atoms with Gasteiger partial charge in [-0.15, -0.1) is 0 Å². The summed E-state index contributed by atoms with van der Waals surface area (Å²) in [6.07, 6.45) is 0. The normalized spacial score (nSPS) is 10.7. The number of H-pyrrole nitrogens is 1. The smallest absolute Gasteiger partial charge is 0.270 e. The zero-order valence-corrected chi connectivity index (χ0v) is 16.2. The van der Waals surface area contributed by atoms with Crippen LogP contribution in [0, 0.1) is 10.1 Å². The fraction of sp³-hybridized carbons (Fsp3) is 0.0455. The van der Waals surface area contributed by atoms with E-state index >= 15 is 0 Å². The molecule has 29 heavy (non-hydrogen) atoms. The molecule has 1 aromatic heterocycles. The Morgan fingerprint density at radius 1 is 1.00 bits per heavy atom. The van der Waals surface area contributed by atoms with Gasteiger partial charge >= 0.3 is 0 Å². The summed E-state index contributed by atoms with van der Waals surface area (Å²) in [6, 6.07) is 21.4. The van der Waals surface area contributed by atoms with Crippen molar-refractivity contribution in [1.82, 2.24) is 9.97 Å². The number of nitrogens with one attached hydrogen (secondary N) is 1. The van der Waals surface area contributed by atoms with Gasteiger partial charge in [0.15, 0.2) is 0 Å². The SMILES string of the molecule is COc1ccc([N+](=O)[O-])cc1-c1[nH]c(-c2ccc(Cl)cc2)nc1-c1ccccc1. The maximum Gasteiger partial charge on any atom is 0.270 e. The van der Waals surface area contributed by atoms with Crippen molar-refractivity contribution in [2.45, 2.75) is 0 Å². The quantitative estimate of drug-likeness (QED) is 0.327. The molecule has 0 atom stereocenters. The zero-order chi connectivity index (χ0) is 20.4. The molecule has 144 valence electrons. The van der Waals surface area contributed by atoms with Gasteiger partial charge in [0.1, 0.15) is 11.6 Å². The summed E-state index contributed by atoms with van der Waals surface area (Å²) in [4.78, 5) is 19.0. The first-order chi connectivity index (χ1) is 14.1. The molecule has 1 N–H and O–H groups in total. The van der Waals surface area contributed by atoms with Crippen molar-refractivity contribution in [2.75, 3.05) is 7.11 Å². The van der Waals surface area contributed by atoms with Crippen LogP contribution < -0.4 is 4.74 Å². The number of halogens is 1. The monoisotopic (exact) mass is 405 g/mol. The third-order valence-electron chi connectivity index (χ3n) is 4.53. The van der Waals surface area contributed by atoms with Gasteiger partial charge in [-0.3, -0.25) is 10.1 Å². The van der Waals surface area contributed by atoms with Crippen LogP contribution in [0.1, 0.15) is 0 Å². The maximum atomic E-state index is 11.3. The van der Waals surface area contributed by atoms with E-state index in [9.17, 15) is 10.1 Å². The second-order valence-electron chi connectivity index (χ2n) is 6.32. The number of hydrogen-bond acceptors (Lipinski definition) is 4. The molecule has 4 rings (SSSR count). The number of nitro groups is 1. The number of rotatable bonds is 5. The van der Waals surface area contributed by atoms with Crippen molar-refractivity contribution >= 4 is 17.3 Å². The van der Waals surface area contributed by atoms with Crippen molar-refractivity contribution in [1.29, 1.82) is 0 Å². The lowest BCUT2D eigenvalue weighted by molar-refractivity contribution is -0.384. The van der Waals surface area contributed by atoms with Gasteiger partial charge in [0.05, 0.1) is 23.4 Å². The molecule has 0 spiro atoms. The number of aromatic amines is 1. The lowest BCUT2D eigenvalue weighted by atomic mass is 10.0. The second-order valence-corrected chi connectivity index (χ2v) is 6.76. The molecule has 0 saturated carbocycles. The number of nitro benzene ring substituents is 1. The summed E-state index contributed by atoms with van der Waals surface area (Å²) in [5, 5.41) is 12.0. The molecule has 0 bridgehead atoms. The van der Waals surface area contributed by atoms with E-state index in [4.69, 9.17) is 21.3 Å². The van der Waals surface area contributed by atoms with Crippen LogP contribution in [0.25, 0.3) is 33.9 Å². The molecule has 6 nitrogen and oxygen atoms in total. The molecule has 0 radical (unpaired) electrons. The molecule has 0 amide bonds. The number of methoxy groups -OCH3 is 1. The van der Waals surface area contributed by atoms with E-state index < -0.39 is 4.92 Å². The van der Waals surface area contributed by atoms with Crippen molar-refractivity contribution in [2.24, 2.45) is 0 Å². The van der Waals surface area contributed by atoms with Gasteiger partial charge in [-0.1, -0.05) is 41.9 Å². The lowest BCUT2D eigenvalue weighted by Gasteiger charge is -2.09. The van der Waals surface area contributed by atoms with E-state index in [1.807, 2.05) is 42.5 Å². The van der Waals surface area contributed by atoms with E-state index in [1.54, 1.807) is 18.2 Å². The first kappa shape index (κ1) is 18.7. The summed E-state index contributed by atoms with van der Waals surface area (Å²) in [6.45, 7) is 0. The standard InChI is InChI=1S/C22H16ClN3O3/c1-29-19-12-11-17(26(27)28)13-18(19)21-20(14-5-3-2-4-6-14)24-22(25-21)15-7-9-16(23)10-8-15/h2-13H,1H3,(H,24,25). The van der Waals surface area contributed by atoms with E-state index in [2.05, 4.69) is 4.98 Å². The minimum Gasteiger partial charge on any atom is -0.496 e. The number of nitrogens with zero attached hydrogens (tertiary/aromatic N) is 2. The van der Waals surface area contributed by atoms with Gasteiger partial charge in [-0.05, 0) is 30.3 Å². The summed E-state index contributed by atoms with van der Waals surface area (Å²) in [7, 11) is 1.53. The van der Waals surface area contributed by atoms with E-state index in [-0.39, 0.29) is 5.69 Å². The van der Waals surface area contributed by atoms with Crippen LogP contribution in [-0.4, -0.2) is 22.0 Å². The Morgan fingerprint density at radius 3 is 2.38 bits per heavy atom. The molecule has 0 fully saturated rings. The zero-order valence-electron chi connectivity index (χ0n) is 15.4. The molecule has 1 heterocycles. The van der Waals surface area contributed by atoms with Crippen LogP contribution in [0.4, 0.5) is 5.69 Å². The highest BCUT2D eigenvalue weighted by atomic mass is 35.5. The molecule has 0 unspecified atom stereocenters. The van der Waals surface area contributed by atoms with Gasteiger partial charge in [0.25, 0.3) is 5.69 Å². The highest BCUT2D eigenvalue weighted by Gasteiger charge is 2.21. The Balaban J connectivity index is 1.96. The predicted molar refractivity (Wildman–Crippen MR) is 113 cm³/mol. The van der Waals surface area contributed by atoms with Gasteiger partial charge in [-0.25, -0.2) is 4.98 Å². The Kier molecular flexibility index (Phi) is 5.01. The van der Waals surface area contributed by atoms with Crippen LogP contribution in [0.2, 0.25) is 5.02 Å². The number of aromatic nitrogens is 2. The minimum atomic E-state index is -0.429. The number of benzene rings is 3. The maximum absolute atomic E-state index is 11.3. The Bertz CT molecular complexity index is 1170. The average molecular weight is 406 g/mol. The summed E-state index contributed by atoms with van der Waals surface area (Å²) in [5.74, 6) is 1.14. The van der Waals surface area contributed by atoms with Crippen molar-refractivity contribution in [3.63, 3.8) is 0 Å². The first-order valence-corrected chi connectivity index (χ1v) is 9.19. The largest absolute Gasteiger partial charge is 0.496 e. The Morgan fingerprint density at radius 2 is 1.72 bits per heavy atom. The summed E-state index contributed by atoms with van der Waals surface area (Å²) >= 11 is 6.00. The predicted octanol–water partition coefficient (Wildman–Crippen LogP) is 5.98. The number of non-ortho nitro benzene ring substituents is 1. The minimum absolute atomic E-state index is 0.0255.